The van der Waals surface area contributed by atoms with E-state index in [4.69, 9.17) is 9.94 Å². The number of allylic oxidation sites excluding steroid dienone is 1. The SMILES string of the molecule is CC1(C)CC(=NO)C=CO1. The second-order valence-electron chi connectivity index (χ2n) is 2.95. The third-order valence-corrected chi connectivity index (χ3v) is 1.38. The highest BCUT2D eigenvalue weighted by Crippen LogP contribution is 2.19. The van der Waals surface area contributed by atoms with Crippen LogP contribution in [0, 0.1) is 0 Å². The zero-order chi connectivity index (χ0) is 7.61. The molecule has 0 saturated carbocycles. The molecule has 56 valence electrons. The average molecular weight is 141 g/mol. The number of ether oxygens (including phenoxy) is 1. The van der Waals surface area contributed by atoms with Gasteiger partial charge in [0.25, 0.3) is 0 Å². The maximum atomic E-state index is 8.40. The van der Waals surface area contributed by atoms with Gasteiger partial charge in [0.05, 0.1) is 12.0 Å². The van der Waals surface area contributed by atoms with Gasteiger partial charge in [-0.25, -0.2) is 0 Å². The number of nitrogens with zero attached hydrogens (tertiary/aromatic N) is 1. The topological polar surface area (TPSA) is 41.8 Å². The van der Waals surface area contributed by atoms with Gasteiger partial charge in [0.2, 0.25) is 0 Å². The number of rotatable bonds is 0. The van der Waals surface area contributed by atoms with Crippen molar-refractivity contribution < 1.29 is 9.94 Å². The minimum Gasteiger partial charge on any atom is -0.495 e. The first-order valence-electron chi connectivity index (χ1n) is 3.19. The summed E-state index contributed by atoms with van der Waals surface area (Å²) in [7, 11) is 0. The van der Waals surface area contributed by atoms with Crippen molar-refractivity contribution in [3.05, 3.63) is 12.3 Å². The lowest BCUT2D eigenvalue weighted by Crippen LogP contribution is -2.28. The molecule has 0 aromatic carbocycles. The number of hydrogen-bond donors (Lipinski definition) is 1. The van der Waals surface area contributed by atoms with Crippen LogP contribution in [-0.2, 0) is 4.74 Å². The van der Waals surface area contributed by atoms with Crippen molar-refractivity contribution in [1.82, 2.24) is 0 Å². The molecule has 1 heterocycles. The van der Waals surface area contributed by atoms with E-state index >= 15 is 0 Å². The van der Waals surface area contributed by atoms with E-state index < -0.39 is 0 Å². The Kier molecular flexibility index (Phi) is 1.66. The Morgan fingerprint density at radius 1 is 1.70 bits per heavy atom. The molecule has 1 aliphatic rings. The highest BCUT2D eigenvalue weighted by molar-refractivity contribution is 5.95. The molecule has 0 unspecified atom stereocenters. The first kappa shape index (κ1) is 7.12. The zero-order valence-corrected chi connectivity index (χ0v) is 6.16. The van der Waals surface area contributed by atoms with Crippen LogP contribution in [0.2, 0.25) is 0 Å². The zero-order valence-electron chi connectivity index (χ0n) is 6.16. The van der Waals surface area contributed by atoms with Gasteiger partial charge in [0.1, 0.15) is 5.60 Å². The van der Waals surface area contributed by atoms with Gasteiger partial charge in [-0.2, -0.15) is 0 Å². The molecular formula is C7H11NO2. The van der Waals surface area contributed by atoms with E-state index in [9.17, 15) is 0 Å². The predicted octanol–water partition coefficient (Wildman–Crippen LogP) is 1.53. The summed E-state index contributed by atoms with van der Waals surface area (Å²) in [6.07, 6.45) is 3.86. The van der Waals surface area contributed by atoms with Crippen LogP contribution in [0.15, 0.2) is 17.5 Å². The normalized spacial score (nSPS) is 26.4. The van der Waals surface area contributed by atoms with E-state index in [-0.39, 0.29) is 5.60 Å². The summed E-state index contributed by atoms with van der Waals surface area (Å²) in [5, 5.41) is 11.5. The molecule has 1 N–H and O–H groups in total. The number of hydrogen-bond acceptors (Lipinski definition) is 3. The monoisotopic (exact) mass is 141 g/mol. The van der Waals surface area contributed by atoms with Gasteiger partial charge in [-0.05, 0) is 19.9 Å². The minimum atomic E-state index is -0.226. The summed E-state index contributed by atoms with van der Waals surface area (Å²) < 4.78 is 5.22. The van der Waals surface area contributed by atoms with Crippen molar-refractivity contribution in [3.63, 3.8) is 0 Å². The Morgan fingerprint density at radius 2 is 2.40 bits per heavy atom. The molecule has 1 aliphatic heterocycles. The summed E-state index contributed by atoms with van der Waals surface area (Å²) in [5.41, 5.74) is 0.437. The van der Waals surface area contributed by atoms with Crippen molar-refractivity contribution in [3.8, 4) is 0 Å². The average Bonchev–Trinajstić information content (AvgIpc) is 1.86. The molecule has 1 rings (SSSR count). The second kappa shape index (κ2) is 2.33. The third-order valence-electron chi connectivity index (χ3n) is 1.38. The molecule has 0 aliphatic carbocycles. The Hall–Kier alpha value is -0.990. The fraction of sp³-hybridized carbons (Fsp3) is 0.571. The van der Waals surface area contributed by atoms with Gasteiger partial charge in [0, 0.05) is 6.42 Å². The van der Waals surface area contributed by atoms with E-state index in [2.05, 4.69) is 5.16 Å². The Morgan fingerprint density at radius 3 is 2.80 bits per heavy atom. The van der Waals surface area contributed by atoms with Crippen LogP contribution < -0.4 is 0 Å². The highest BCUT2D eigenvalue weighted by Gasteiger charge is 2.23. The van der Waals surface area contributed by atoms with E-state index in [0.29, 0.717) is 12.1 Å². The molecule has 0 bridgehead atoms. The van der Waals surface area contributed by atoms with Crippen LogP contribution in [0.1, 0.15) is 20.3 Å². The van der Waals surface area contributed by atoms with Gasteiger partial charge >= 0.3 is 0 Å². The number of oxime groups is 1. The van der Waals surface area contributed by atoms with Crippen molar-refractivity contribution in [1.29, 1.82) is 0 Å². The third kappa shape index (κ3) is 1.50. The van der Waals surface area contributed by atoms with E-state index in [1.54, 1.807) is 12.3 Å². The van der Waals surface area contributed by atoms with Crippen molar-refractivity contribution >= 4 is 5.71 Å². The lowest BCUT2D eigenvalue weighted by molar-refractivity contribution is 0.0597. The van der Waals surface area contributed by atoms with Crippen molar-refractivity contribution in [2.45, 2.75) is 25.9 Å². The van der Waals surface area contributed by atoms with Crippen LogP contribution in [0.25, 0.3) is 0 Å². The Bertz CT molecular complexity index is 182. The predicted molar refractivity (Wildman–Crippen MR) is 38.1 cm³/mol. The fourth-order valence-corrected chi connectivity index (χ4v) is 0.902. The van der Waals surface area contributed by atoms with Gasteiger partial charge < -0.3 is 9.94 Å². The Labute approximate surface area is 60.0 Å². The molecule has 10 heavy (non-hydrogen) atoms. The highest BCUT2D eigenvalue weighted by atomic mass is 16.5. The summed E-state index contributed by atoms with van der Waals surface area (Å²) in [6.45, 7) is 3.89. The van der Waals surface area contributed by atoms with E-state index in [1.165, 1.54) is 0 Å². The molecule has 3 nitrogen and oxygen atoms in total. The van der Waals surface area contributed by atoms with Crippen LogP contribution in [0.3, 0.4) is 0 Å². The van der Waals surface area contributed by atoms with Gasteiger partial charge in [-0.1, -0.05) is 5.16 Å². The van der Waals surface area contributed by atoms with E-state index in [1.807, 2.05) is 13.8 Å². The lowest BCUT2D eigenvalue weighted by Gasteiger charge is -2.26. The molecule has 0 radical (unpaired) electrons. The van der Waals surface area contributed by atoms with Crippen LogP contribution in [-0.4, -0.2) is 16.5 Å². The van der Waals surface area contributed by atoms with Gasteiger partial charge in [-0.15, -0.1) is 0 Å². The van der Waals surface area contributed by atoms with Gasteiger partial charge in [0.15, 0.2) is 0 Å². The van der Waals surface area contributed by atoms with Crippen LogP contribution in [0.5, 0.6) is 0 Å². The van der Waals surface area contributed by atoms with Gasteiger partial charge in [-0.3, -0.25) is 0 Å². The molecular weight excluding hydrogens is 130 g/mol. The first-order chi connectivity index (χ1) is 4.64. The largest absolute Gasteiger partial charge is 0.495 e. The maximum absolute atomic E-state index is 8.40. The molecule has 0 aromatic rings. The minimum absolute atomic E-state index is 0.226. The molecule has 0 fully saturated rings. The molecule has 0 spiro atoms. The summed E-state index contributed by atoms with van der Waals surface area (Å²) in [4.78, 5) is 0. The summed E-state index contributed by atoms with van der Waals surface area (Å²) in [6, 6.07) is 0. The summed E-state index contributed by atoms with van der Waals surface area (Å²) in [5.74, 6) is 0. The standard InChI is InChI=1S/C7H11NO2/c1-7(2)5-6(8-9)3-4-10-7/h3-4,9H,5H2,1-2H3. The smallest absolute Gasteiger partial charge is 0.108 e. The van der Waals surface area contributed by atoms with Crippen molar-refractivity contribution in [2.24, 2.45) is 5.16 Å². The maximum Gasteiger partial charge on any atom is 0.108 e. The molecule has 0 atom stereocenters. The summed E-state index contributed by atoms with van der Waals surface area (Å²) >= 11 is 0. The van der Waals surface area contributed by atoms with Crippen molar-refractivity contribution in [2.75, 3.05) is 0 Å². The van der Waals surface area contributed by atoms with Crippen LogP contribution in [0.4, 0.5) is 0 Å². The Balaban J connectivity index is 2.73. The molecule has 0 amide bonds. The van der Waals surface area contributed by atoms with Crippen LogP contribution >= 0.6 is 0 Å². The molecule has 0 saturated heterocycles. The molecule has 0 aromatic heterocycles. The fourth-order valence-electron chi connectivity index (χ4n) is 0.902. The quantitative estimate of drug-likeness (QED) is 0.410. The van der Waals surface area contributed by atoms with E-state index in [0.717, 1.165) is 0 Å². The second-order valence-corrected chi connectivity index (χ2v) is 2.95. The lowest BCUT2D eigenvalue weighted by atomic mass is 10.00. The first-order valence-corrected chi connectivity index (χ1v) is 3.19. The molecule has 3 heteroatoms.